The molecule has 0 aromatic heterocycles. The number of rotatable bonds is 8. The lowest BCUT2D eigenvalue weighted by molar-refractivity contribution is 0.816. The van der Waals surface area contributed by atoms with Gasteiger partial charge in [-0.25, -0.2) is 0 Å². The van der Waals surface area contributed by atoms with Crippen molar-refractivity contribution < 1.29 is 0 Å². The van der Waals surface area contributed by atoms with Crippen LogP contribution in [0, 0.1) is 0 Å². The van der Waals surface area contributed by atoms with Gasteiger partial charge in [-0.05, 0) is 55.0 Å². The van der Waals surface area contributed by atoms with Gasteiger partial charge in [-0.3, -0.25) is 0 Å². The van der Waals surface area contributed by atoms with Crippen molar-refractivity contribution in [2.24, 2.45) is 0 Å². The standard InChI is InChI=1S/C22H29N/c1-9-20-13-21(16(4)5)10-11-22(20)14-23-19(8)18(7)12-17(6)15(2)3/h10-13,23H,2,4,7-9,14H2,1,3,5-6H3/b17-12+. The van der Waals surface area contributed by atoms with E-state index in [1.165, 1.54) is 16.7 Å². The molecular formula is C22H29N. The van der Waals surface area contributed by atoms with Gasteiger partial charge in [-0.1, -0.05) is 68.7 Å². The highest BCUT2D eigenvalue weighted by molar-refractivity contribution is 5.62. The molecule has 0 saturated heterocycles. The van der Waals surface area contributed by atoms with Gasteiger partial charge in [-0.2, -0.15) is 0 Å². The summed E-state index contributed by atoms with van der Waals surface area (Å²) < 4.78 is 0. The van der Waals surface area contributed by atoms with Crippen molar-refractivity contribution >= 4 is 5.57 Å². The molecule has 0 amide bonds. The Balaban J connectivity index is 2.80. The van der Waals surface area contributed by atoms with Crippen molar-refractivity contribution in [3.05, 3.63) is 89.7 Å². The minimum absolute atomic E-state index is 0.747. The van der Waals surface area contributed by atoms with Crippen molar-refractivity contribution in [3.63, 3.8) is 0 Å². The van der Waals surface area contributed by atoms with Gasteiger partial charge in [0.1, 0.15) is 0 Å². The van der Waals surface area contributed by atoms with Crippen LogP contribution in [0.25, 0.3) is 5.57 Å². The third-order valence-electron chi connectivity index (χ3n) is 4.02. The molecule has 0 aliphatic heterocycles. The van der Waals surface area contributed by atoms with E-state index in [0.29, 0.717) is 0 Å². The molecule has 0 spiro atoms. The summed E-state index contributed by atoms with van der Waals surface area (Å²) in [5, 5.41) is 3.38. The van der Waals surface area contributed by atoms with Crippen molar-refractivity contribution in [2.75, 3.05) is 0 Å². The highest BCUT2D eigenvalue weighted by atomic mass is 14.9. The summed E-state index contributed by atoms with van der Waals surface area (Å²) in [6.07, 6.45) is 3.02. The third-order valence-corrected chi connectivity index (χ3v) is 4.02. The molecule has 1 N–H and O–H groups in total. The summed E-state index contributed by atoms with van der Waals surface area (Å²) in [4.78, 5) is 0. The third kappa shape index (κ3) is 5.45. The first-order valence-electron chi connectivity index (χ1n) is 8.00. The van der Waals surface area contributed by atoms with Crippen LogP contribution in [0.1, 0.15) is 44.4 Å². The summed E-state index contributed by atoms with van der Waals surface area (Å²) in [5.41, 5.74) is 8.82. The van der Waals surface area contributed by atoms with E-state index < -0.39 is 0 Å². The summed E-state index contributed by atoms with van der Waals surface area (Å²) in [6.45, 7) is 25.1. The molecule has 0 heterocycles. The SMILES string of the molecule is C=C(/C=C(\C)C(=C)C)C(=C)NCc1ccc(C(=C)C)cc1CC. The van der Waals surface area contributed by atoms with Gasteiger partial charge < -0.3 is 5.32 Å². The molecule has 0 unspecified atom stereocenters. The Morgan fingerprint density at radius 1 is 1.04 bits per heavy atom. The molecular weight excluding hydrogens is 278 g/mol. The maximum Gasteiger partial charge on any atom is 0.0403 e. The molecule has 0 aliphatic carbocycles. The summed E-state index contributed by atoms with van der Waals surface area (Å²) >= 11 is 0. The average molecular weight is 307 g/mol. The summed E-state index contributed by atoms with van der Waals surface area (Å²) in [5.74, 6) is 0. The van der Waals surface area contributed by atoms with E-state index in [4.69, 9.17) is 0 Å². The number of hydrogen-bond acceptors (Lipinski definition) is 1. The highest BCUT2D eigenvalue weighted by Gasteiger charge is 2.05. The predicted molar refractivity (Wildman–Crippen MR) is 104 cm³/mol. The number of hydrogen-bond donors (Lipinski definition) is 1. The molecule has 0 radical (unpaired) electrons. The molecule has 1 aromatic rings. The molecule has 1 rings (SSSR count). The highest BCUT2D eigenvalue weighted by Crippen LogP contribution is 2.19. The fraction of sp³-hybridized carbons (Fsp3) is 0.273. The van der Waals surface area contributed by atoms with Gasteiger partial charge in [-0.15, -0.1) is 0 Å². The molecule has 1 heteroatoms. The van der Waals surface area contributed by atoms with Crippen LogP contribution in [0.15, 0.2) is 73.0 Å². The number of nitrogens with one attached hydrogen (secondary N) is 1. The van der Waals surface area contributed by atoms with E-state index in [1.807, 2.05) is 26.8 Å². The second-order valence-corrected chi connectivity index (χ2v) is 6.08. The Morgan fingerprint density at radius 2 is 1.70 bits per heavy atom. The molecule has 0 fully saturated rings. The number of aryl methyl sites for hydroxylation is 1. The molecule has 0 atom stereocenters. The minimum Gasteiger partial charge on any atom is -0.381 e. The topological polar surface area (TPSA) is 12.0 Å². The largest absolute Gasteiger partial charge is 0.381 e. The Kier molecular flexibility index (Phi) is 6.84. The molecule has 23 heavy (non-hydrogen) atoms. The van der Waals surface area contributed by atoms with Crippen molar-refractivity contribution in [3.8, 4) is 0 Å². The Bertz CT molecular complexity index is 671. The lowest BCUT2D eigenvalue weighted by Crippen LogP contribution is -2.14. The van der Waals surface area contributed by atoms with Gasteiger partial charge in [0.05, 0.1) is 0 Å². The van der Waals surface area contributed by atoms with Crippen LogP contribution in [0.3, 0.4) is 0 Å². The normalized spacial score (nSPS) is 11.0. The van der Waals surface area contributed by atoms with Crippen LogP contribution in [0.4, 0.5) is 0 Å². The van der Waals surface area contributed by atoms with E-state index >= 15 is 0 Å². The van der Waals surface area contributed by atoms with Crippen molar-refractivity contribution in [1.29, 1.82) is 0 Å². The molecule has 0 saturated carbocycles. The second kappa shape index (κ2) is 8.38. The minimum atomic E-state index is 0.747. The van der Waals surface area contributed by atoms with E-state index in [9.17, 15) is 0 Å². The summed E-state index contributed by atoms with van der Waals surface area (Å²) in [7, 11) is 0. The summed E-state index contributed by atoms with van der Waals surface area (Å²) in [6, 6.07) is 6.52. The number of allylic oxidation sites excluding steroid dienone is 4. The quantitative estimate of drug-likeness (QED) is 0.584. The molecule has 0 bridgehead atoms. The maximum atomic E-state index is 4.08. The lowest BCUT2D eigenvalue weighted by atomic mass is 9.98. The Hall–Kier alpha value is -2.28. The number of benzene rings is 1. The van der Waals surface area contributed by atoms with Crippen LogP contribution in [0.2, 0.25) is 0 Å². The van der Waals surface area contributed by atoms with Gasteiger partial charge in [0.15, 0.2) is 0 Å². The zero-order valence-electron chi connectivity index (χ0n) is 15.1. The molecule has 1 nitrogen and oxygen atoms in total. The van der Waals surface area contributed by atoms with E-state index in [-0.39, 0.29) is 0 Å². The molecule has 1 aromatic carbocycles. The van der Waals surface area contributed by atoms with Crippen LogP contribution < -0.4 is 5.32 Å². The fourth-order valence-electron chi connectivity index (χ4n) is 2.18. The van der Waals surface area contributed by atoms with Crippen molar-refractivity contribution in [2.45, 2.75) is 40.7 Å². The van der Waals surface area contributed by atoms with E-state index in [0.717, 1.165) is 41.0 Å². The van der Waals surface area contributed by atoms with Gasteiger partial charge in [0.2, 0.25) is 0 Å². The maximum absolute atomic E-state index is 4.08. The smallest absolute Gasteiger partial charge is 0.0403 e. The van der Waals surface area contributed by atoms with Crippen LogP contribution in [0.5, 0.6) is 0 Å². The predicted octanol–water partition coefficient (Wildman–Crippen LogP) is 5.96. The monoisotopic (exact) mass is 307 g/mol. The van der Waals surface area contributed by atoms with Gasteiger partial charge >= 0.3 is 0 Å². The van der Waals surface area contributed by atoms with Crippen LogP contribution in [-0.2, 0) is 13.0 Å². The molecule has 0 aliphatic rings. The van der Waals surface area contributed by atoms with Crippen molar-refractivity contribution in [1.82, 2.24) is 5.32 Å². The lowest BCUT2D eigenvalue weighted by Gasteiger charge is -2.14. The van der Waals surface area contributed by atoms with E-state index in [2.05, 4.69) is 56.8 Å². The molecule has 122 valence electrons. The first-order valence-corrected chi connectivity index (χ1v) is 8.00. The fourth-order valence-corrected chi connectivity index (χ4v) is 2.18. The second-order valence-electron chi connectivity index (χ2n) is 6.08. The van der Waals surface area contributed by atoms with Crippen LogP contribution in [-0.4, -0.2) is 0 Å². The zero-order valence-corrected chi connectivity index (χ0v) is 15.1. The Labute approximate surface area is 141 Å². The first-order chi connectivity index (χ1) is 10.8. The van der Waals surface area contributed by atoms with Crippen LogP contribution >= 0.6 is 0 Å². The first kappa shape index (κ1) is 18.8. The Morgan fingerprint density at radius 3 is 2.22 bits per heavy atom. The van der Waals surface area contributed by atoms with E-state index in [1.54, 1.807) is 0 Å². The van der Waals surface area contributed by atoms with Gasteiger partial charge in [0.25, 0.3) is 0 Å². The average Bonchev–Trinajstić information content (AvgIpc) is 2.51. The zero-order chi connectivity index (χ0) is 17.6. The van der Waals surface area contributed by atoms with Gasteiger partial charge in [0, 0.05) is 12.2 Å².